The van der Waals surface area contributed by atoms with E-state index in [2.05, 4.69) is 32.2 Å². The Morgan fingerprint density at radius 3 is 2.53 bits per heavy atom. The van der Waals surface area contributed by atoms with Gasteiger partial charge in [0.25, 0.3) is 0 Å². The van der Waals surface area contributed by atoms with Gasteiger partial charge in [-0.25, -0.2) is 0 Å². The van der Waals surface area contributed by atoms with E-state index in [-0.39, 0.29) is 0 Å². The van der Waals surface area contributed by atoms with Crippen molar-refractivity contribution in [2.45, 2.75) is 65.3 Å². The summed E-state index contributed by atoms with van der Waals surface area (Å²) in [6, 6.07) is 0.815. The predicted molar refractivity (Wildman–Crippen MR) is 75.1 cm³/mol. The average molecular weight is 235 g/mol. The Balaban J connectivity index is 1.81. The summed E-state index contributed by atoms with van der Waals surface area (Å²) in [5, 5.41) is 3.84. The lowest BCUT2D eigenvalue weighted by molar-refractivity contribution is 0.240. The molecule has 0 amide bonds. The fourth-order valence-corrected chi connectivity index (χ4v) is 3.81. The smallest absolute Gasteiger partial charge is 0.00671 e. The standard InChI is InChI=1S/C16H29N/c1-12-9-13(2)16(14(3)10-12)11-17-15-7-5-4-6-8-15/h9,13-17H,4-8,10-11H2,1-3H3/t13-,14+,16+/m1/s1. The molecule has 0 radical (unpaired) electrons. The molecule has 0 aliphatic heterocycles. The summed E-state index contributed by atoms with van der Waals surface area (Å²) in [6.07, 6.45) is 10.9. The summed E-state index contributed by atoms with van der Waals surface area (Å²) in [5.41, 5.74) is 1.60. The van der Waals surface area contributed by atoms with Crippen molar-refractivity contribution in [3.8, 4) is 0 Å². The molecule has 0 saturated heterocycles. The lowest BCUT2D eigenvalue weighted by Gasteiger charge is -2.35. The van der Waals surface area contributed by atoms with E-state index in [1.54, 1.807) is 5.57 Å². The zero-order valence-corrected chi connectivity index (χ0v) is 11.8. The Hall–Kier alpha value is -0.300. The number of hydrogen-bond acceptors (Lipinski definition) is 1. The zero-order chi connectivity index (χ0) is 12.3. The topological polar surface area (TPSA) is 12.0 Å². The molecule has 0 aromatic heterocycles. The second-order valence-corrected chi connectivity index (χ2v) is 6.46. The van der Waals surface area contributed by atoms with Crippen LogP contribution in [-0.2, 0) is 0 Å². The van der Waals surface area contributed by atoms with Gasteiger partial charge in [0.1, 0.15) is 0 Å². The molecule has 1 saturated carbocycles. The molecule has 3 atom stereocenters. The van der Waals surface area contributed by atoms with E-state index >= 15 is 0 Å². The monoisotopic (exact) mass is 235 g/mol. The summed E-state index contributed by atoms with van der Waals surface area (Å²) in [4.78, 5) is 0. The molecule has 2 aliphatic rings. The normalized spacial score (nSPS) is 35.7. The van der Waals surface area contributed by atoms with Crippen LogP contribution in [0.3, 0.4) is 0 Å². The first-order chi connectivity index (χ1) is 8.16. The van der Waals surface area contributed by atoms with Crippen molar-refractivity contribution in [3.05, 3.63) is 11.6 Å². The van der Waals surface area contributed by atoms with Gasteiger partial charge < -0.3 is 5.32 Å². The van der Waals surface area contributed by atoms with Crippen molar-refractivity contribution in [2.24, 2.45) is 17.8 Å². The molecule has 1 N–H and O–H groups in total. The highest BCUT2D eigenvalue weighted by Crippen LogP contribution is 2.33. The molecule has 2 aliphatic carbocycles. The van der Waals surface area contributed by atoms with Crippen LogP contribution in [0.25, 0.3) is 0 Å². The maximum atomic E-state index is 3.84. The minimum atomic E-state index is 0.759. The zero-order valence-electron chi connectivity index (χ0n) is 11.8. The highest BCUT2D eigenvalue weighted by Gasteiger charge is 2.27. The van der Waals surface area contributed by atoms with Crippen LogP contribution in [0.4, 0.5) is 0 Å². The van der Waals surface area contributed by atoms with E-state index in [1.165, 1.54) is 45.1 Å². The SMILES string of the molecule is CC1=C[C@@H](C)[C@H](CNC2CCCCC2)[C@@H](C)C1. The molecular formula is C16H29N. The highest BCUT2D eigenvalue weighted by molar-refractivity contribution is 5.08. The molecule has 1 fully saturated rings. The Morgan fingerprint density at radius 2 is 1.88 bits per heavy atom. The number of rotatable bonds is 3. The third-order valence-corrected chi connectivity index (χ3v) is 4.85. The van der Waals surface area contributed by atoms with Crippen molar-refractivity contribution in [2.75, 3.05) is 6.54 Å². The van der Waals surface area contributed by atoms with Crippen LogP contribution in [-0.4, -0.2) is 12.6 Å². The van der Waals surface area contributed by atoms with Crippen molar-refractivity contribution in [3.63, 3.8) is 0 Å². The molecule has 0 unspecified atom stereocenters. The van der Waals surface area contributed by atoms with E-state index in [0.717, 1.165) is 23.8 Å². The minimum Gasteiger partial charge on any atom is -0.314 e. The highest BCUT2D eigenvalue weighted by atomic mass is 14.9. The summed E-state index contributed by atoms with van der Waals surface area (Å²) in [5.74, 6) is 2.46. The van der Waals surface area contributed by atoms with Gasteiger partial charge >= 0.3 is 0 Å². The molecule has 0 spiro atoms. The van der Waals surface area contributed by atoms with Gasteiger partial charge in [0.15, 0.2) is 0 Å². The molecule has 0 aromatic carbocycles. The first-order valence-electron chi connectivity index (χ1n) is 7.57. The summed E-state index contributed by atoms with van der Waals surface area (Å²) < 4.78 is 0. The van der Waals surface area contributed by atoms with Gasteiger partial charge in [0.2, 0.25) is 0 Å². The quantitative estimate of drug-likeness (QED) is 0.725. The third-order valence-electron chi connectivity index (χ3n) is 4.85. The van der Waals surface area contributed by atoms with Gasteiger partial charge in [0.05, 0.1) is 0 Å². The van der Waals surface area contributed by atoms with Crippen molar-refractivity contribution < 1.29 is 0 Å². The van der Waals surface area contributed by atoms with Crippen molar-refractivity contribution >= 4 is 0 Å². The Labute approximate surface area is 107 Å². The van der Waals surface area contributed by atoms with Crippen molar-refractivity contribution in [1.82, 2.24) is 5.32 Å². The summed E-state index contributed by atoms with van der Waals surface area (Å²) in [6.45, 7) is 8.35. The second-order valence-electron chi connectivity index (χ2n) is 6.46. The van der Waals surface area contributed by atoms with Crippen molar-refractivity contribution in [1.29, 1.82) is 0 Å². The average Bonchev–Trinajstić information content (AvgIpc) is 2.29. The van der Waals surface area contributed by atoms with Crippen LogP contribution in [0.2, 0.25) is 0 Å². The largest absolute Gasteiger partial charge is 0.314 e. The van der Waals surface area contributed by atoms with Gasteiger partial charge in [-0.05, 0) is 50.5 Å². The van der Waals surface area contributed by atoms with E-state index in [0.29, 0.717) is 0 Å². The summed E-state index contributed by atoms with van der Waals surface area (Å²) >= 11 is 0. The number of nitrogens with one attached hydrogen (secondary N) is 1. The third kappa shape index (κ3) is 3.58. The van der Waals surface area contributed by atoms with E-state index in [1.807, 2.05) is 0 Å². The van der Waals surface area contributed by atoms with Crippen LogP contribution < -0.4 is 5.32 Å². The molecule has 2 rings (SSSR count). The maximum absolute atomic E-state index is 3.84. The molecular weight excluding hydrogens is 206 g/mol. The minimum absolute atomic E-state index is 0.759. The van der Waals surface area contributed by atoms with Crippen LogP contribution in [0, 0.1) is 17.8 Å². The molecule has 98 valence electrons. The Morgan fingerprint density at radius 1 is 1.18 bits per heavy atom. The van der Waals surface area contributed by atoms with Crippen LogP contribution >= 0.6 is 0 Å². The Kier molecular flexibility index (Phi) is 4.67. The molecule has 17 heavy (non-hydrogen) atoms. The summed E-state index contributed by atoms with van der Waals surface area (Å²) in [7, 11) is 0. The fourth-order valence-electron chi connectivity index (χ4n) is 3.81. The van der Waals surface area contributed by atoms with Gasteiger partial charge in [-0.3, -0.25) is 0 Å². The van der Waals surface area contributed by atoms with E-state index in [4.69, 9.17) is 0 Å². The van der Waals surface area contributed by atoms with Crippen LogP contribution in [0.1, 0.15) is 59.3 Å². The lowest BCUT2D eigenvalue weighted by atomic mass is 9.75. The molecule has 0 aromatic rings. The first-order valence-corrected chi connectivity index (χ1v) is 7.57. The molecule has 1 heteroatoms. The first kappa shape index (κ1) is 13.1. The predicted octanol–water partition coefficient (Wildman–Crippen LogP) is 4.15. The van der Waals surface area contributed by atoms with Gasteiger partial charge in [-0.2, -0.15) is 0 Å². The molecule has 0 bridgehead atoms. The maximum Gasteiger partial charge on any atom is 0.00671 e. The van der Waals surface area contributed by atoms with Gasteiger partial charge in [-0.1, -0.05) is 44.8 Å². The van der Waals surface area contributed by atoms with Gasteiger partial charge in [0, 0.05) is 6.04 Å². The Bertz CT molecular complexity index is 263. The van der Waals surface area contributed by atoms with Crippen LogP contribution in [0.5, 0.6) is 0 Å². The van der Waals surface area contributed by atoms with E-state index in [9.17, 15) is 0 Å². The number of hydrogen-bond donors (Lipinski definition) is 1. The second kappa shape index (κ2) is 6.04. The van der Waals surface area contributed by atoms with Gasteiger partial charge in [-0.15, -0.1) is 0 Å². The fraction of sp³-hybridized carbons (Fsp3) is 0.875. The lowest BCUT2D eigenvalue weighted by Crippen LogP contribution is -2.39. The molecule has 0 heterocycles. The molecule has 1 nitrogen and oxygen atoms in total. The number of allylic oxidation sites excluding steroid dienone is 2. The van der Waals surface area contributed by atoms with Crippen LogP contribution in [0.15, 0.2) is 11.6 Å². The van der Waals surface area contributed by atoms with E-state index < -0.39 is 0 Å².